The van der Waals surface area contributed by atoms with Gasteiger partial charge in [-0.25, -0.2) is 0 Å². The zero-order valence-electron chi connectivity index (χ0n) is 21.0. The summed E-state index contributed by atoms with van der Waals surface area (Å²) in [5, 5.41) is 0. The molecule has 3 saturated carbocycles. The summed E-state index contributed by atoms with van der Waals surface area (Å²) in [5.41, 5.74) is 10.6. The van der Waals surface area contributed by atoms with Gasteiger partial charge in [-0.3, -0.25) is 4.67 Å². The Labute approximate surface area is 198 Å². The van der Waals surface area contributed by atoms with E-state index >= 15 is 0 Å². The van der Waals surface area contributed by atoms with Gasteiger partial charge in [-0.1, -0.05) is 41.3 Å². The fraction of sp³-hybridized carbons (Fsp3) is 0.929. The molecule has 0 radical (unpaired) electrons. The van der Waals surface area contributed by atoms with E-state index in [1.807, 2.05) is 5.57 Å². The molecule has 2 heterocycles. The van der Waals surface area contributed by atoms with Gasteiger partial charge in [-0.2, -0.15) is 0 Å². The number of fused-ring (bicyclic) bond motifs is 6. The van der Waals surface area contributed by atoms with Crippen molar-refractivity contribution in [1.29, 1.82) is 0 Å². The summed E-state index contributed by atoms with van der Waals surface area (Å²) >= 11 is 0. The van der Waals surface area contributed by atoms with E-state index in [2.05, 4.69) is 41.8 Å². The van der Waals surface area contributed by atoms with Gasteiger partial charge < -0.3 is 10.5 Å². The van der Waals surface area contributed by atoms with E-state index < -0.39 is 0 Å². The molecule has 0 amide bonds. The molecule has 5 fully saturated rings. The maximum absolute atomic E-state index is 7.11. The van der Waals surface area contributed by atoms with Crippen LogP contribution in [0.1, 0.15) is 91.9 Å². The molecule has 3 unspecified atom stereocenters. The fourth-order valence-electron chi connectivity index (χ4n) is 10.2. The lowest BCUT2D eigenvalue weighted by Crippen LogP contribution is -2.48. The Morgan fingerprint density at radius 1 is 1.09 bits per heavy atom. The van der Waals surface area contributed by atoms with Crippen molar-refractivity contribution in [3.8, 4) is 0 Å². The zero-order chi connectivity index (χ0) is 22.4. The highest BCUT2D eigenvalue weighted by atomic mass is 31.0. The summed E-state index contributed by atoms with van der Waals surface area (Å²) < 4.78 is 9.67. The number of ether oxygens (including phenoxy) is 1. The van der Waals surface area contributed by atoms with Crippen LogP contribution in [0.25, 0.3) is 0 Å². The Bertz CT molecular complexity index is 798. The van der Waals surface area contributed by atoms with E-state index in [0.717, 1.165) is 29.6 Å². The van der Waals surface area contributed by atoms with Crippen LogP contribution in [0.5, 0.6) is 0 Å². The summed E-state index contributed by atoms with van der Waals surface area (Å²) in [7, 11) is 3.05. The van der Waals surface area contributed by atoms with Crippen LogP contribution in [0.15, 0.2) is 11.1 Å². The van der Waals surface area contributed by atoms with Crippen LogP contribution in [-0.2, 0) is 4.74 Å². The van der Waals surface area contributed by atoms with Crippen LogP contribution in [0.2, 0.25) is 0 Å². The third-order valence-corrected chi connectivity index (χ3v) is 12.4. The minimum Gasteiger partial charge on any atom is -0.369 e. The van der Waals surface area contributed by atoms with Gasteiger partial charge in [-0.15, -0.1) is 0 Å². The Hall–Kier alpha value is 0.0500. The molecule has 12 atom stereocenters. The second-order valence-electron chi connectivity index (χ2n) is 13.5. The number of nitrogens with two attached hydrogens (primary N) is 1. The van der Waals surface area contributed by atoms with Crippen molar-refractivity contribution in [3.63, 3.8) is 0 Å². The van der Waals surface area contributed by atoms with Crippen molar-refractivity contribution in [1.82, 2.24) is 4.67 Å². The van der Waals surface area contributed by atoms with Crippen molar-refractivity contribution in [2.45, 2.75) is 116 Å². The minimum absolute atomic E-state index is 0.0733. The molecule has 2 N–H and O–H groups in total. The molecule has 6 rings (SSSR count). The van der Waals surface area contributed by atoms with Crippen LogP contribution < -0.4 is 5.73 Å². The lowest BCUT2D eigenvalue weighted by molar-refractivity contribution is -0.0770. The highest BCUT2D eigenvalue weighted by Crippen LogP contribution is 2.65. The first-order valence-electron chi connectivity index (χ1n) is 13.8. The molecule has 2 aliphatic heterocycles. The van der Waals surface area contributed by atoms with Crippen LogP contribution in [0, 0.1) is 40.9 Å². The van der Waals surface area contributed by atoms with Crippen molar-refractivity contribution in [2.24, 2.45) is 46.7 Å². The van der Waals surface area contributed by atoms with Crippen LogP contribution in [-0.4, -0.2) is 35.0 Å². The molecule has 3 nitrogen and oxygen atoms in total. The van der Waals surface area contributed by atoms with Crippen molar-refractivity contribution in [2.75, 3.05) is 6.54 Å². The fourth-order valence-corrected chi connectivity index (χ4v) is 11.0. The van der Waals surface area contributed by atoms with Crippen LogP contribution in [0.3, 0.4) is 0 Å². The van der Waals surface area contributed by atoms with E-state index in [0.29, 0.717) is 29.5 Å². The molecule has 0 aromatic rings. The molecular weight excluding hydrogens is 411 g/mol. The molecular formula is C28H47N2OP. The average molecular weight is 459 g/mol. The standard InChI is InChI=1S/C28H47N2OP/c1-16-11-25-26(30(32)15-16)18(3)28(31-25)10-8-21-22-6-5-19-12-20(29)7-9-27(19,4)24(22)13-23(21)17(2)14-28/h16,18-22,24-26H,5-15,29,32H2,1-4H3/t16?,18-,19-,20?,21+,22+,24+,25-,26+,27+,28+/m1/s1. The van der Waals surface area contributed by atoms with Crippen LogP contribution in [0.4, 0.5) is 0 Å². The quantitative estimate of drug-likeness (QED) is 0.361. The van der Waals surface area contributed by atoms with Gasteiger partial charge in [0.2, 0.25) is 0 Å². The van der Waals surface area contributed by atoms with E-state index in [1.54, 1.807) is 5.57 Å². The predicted octanol–water partition coefficient (Wildman–Crippen LogP) is 5.94. The molecule has 4 aliphatic carbocycles. The van der Waals surface area contributed by atoms with Crippen molar-refractivity contribution >= 4 is 9.39 Å². The van der Waals surface area contributed by atoms with Crippen molar-refractivity contribution in [3.05, 3.63) is 11.1 Å². The topological polar surface area (TPSA) is 38.5 Å². The van der Waals surface area contributed by atoms with Crippen LogP contribution >= 0.6 is 9.39 Å². The first kappa shape index (κ1) is 22.5. The maximum atomic E-state index is 7.11. The molecule has 4 heteroatoms. The summed E-state index contributed by atoms with van der Waals surface area (Å²) in [6, 6.07) is 1.04. The third-order valence-electron chi connectivity index (χ3n) is 11.8. The molecule has 1 spiro atoms. The molecule has 2 saturated heterocycles. The van der Waals surface area contributed by atoms with Gasteiger partial charge in [0.1, 0.15) is 0 Å². The van der Waals surface area contributed by atoms with Gasteiger partial charge in [0, 0.05) is 24.5 Å². The predicted molar refractivity (Wildman–Crippen MR) is 135 cm³/mol. The average Bonchev–Trinajstić information content (AvgIpc) is 3.19. The summed E-state index contributed by atoms with van der Waals surface area (Å²) in [4.78, 5) is 0. The number of hydrogen-bond acceptors (Lipinski definition) is 3. The Morgan fingerprint density at radius 2 is 1.91 bits per heavy atom. The number of rotatable bonds is 0. The molecule has 180 valence electrons. The first-order valence-corrected chi connectivity index (χ1v) is 14.4. The van der Waals surface area contributed by atoms with E-state index in [1.165, 1.54) is 70.8 Å². The van der Waals surface area contributed by atoms with Gasteiger partial charge in [0.25, 0.3) is 0 Å². The number of allylic oxidation sites excluding steroid dienone is 1. The largest absolute Gasteiger partial charge is 0.369 e. The summed E-state index contributed by atoms with van der Waals surface area (Å²) in [6.07, 6.45) is 13.7. The molecule has 0 bridgehead atoms. The molecule has 6 aliphatic rings. The second-order valence-corrected chi connectivity index (χ2v) is 14.1. The van der Waals surface area contributed by atoms with Gasteiger partial charge >= 0.3 is 0 Å². The summed E-state index contributed by atoms with van der Waals surface area (Å²) in [6.45, 7) is 11.3. The van der Waals surface area contributed by atoms with Gasteiger partial charge in [0.05, 0.1) is 11.7 Å². The Balaban J connectivity index is 1.28. The lowest BCUT2D eigenvalue weighted by atomic mass is 9.52. The van der Waals surface area contributed by atoms with E-state index in [9.17, 15) is 0 Å². The van der Waals surface area contributed by atoms with E-state index in [4.69, 9.17) is 10.5 Å². The normalized spacial score (nSPS) is 55.9. The Kier molecular flexibility index (Phi) is 5.47. The SMILES string of the molecule is CC1=C2C[C@H]3[C@@H](CC[C@@H]4CC(N)CC[C@@]43C)[C@@H]2CC[C@@]2(C1)O[C@@H]1CC(C)CN(P)[C@H]1[C@H]2C. The van der Waals surface area contributed by atoms with Crippen molar-refractivity contribution < 1.29 is 4.74 Å². The lowest BCUT2D eigenvalue weighted by Gasteiger charge is -2.54. The van der Waals surface area contributed by atoms with Gasteiger partial charge in [0.15, 0.2) is 0 Å². The first-order chi connectivity index (χ1) is 15.2. The zero-order valence-corrected chi connectivity index (χ0v) is 22.1. The maximum Gasteiger partial charge on any atom is 0.0765 e. The molecule has 0 aromatic carbocycles. The number of hydrogen-bond donors (Lipinski definition) is 1. The van der Waals surface area contributed by atoms with E-state index in [-0.39, 0.29) is 5.60 Å². The number of nitrogens with zero attached hydrogens (tertiary/aromatic N) is 1. The highest BCUT2D eigenvalue weighted by molar-refractivity contribution is 7.13. The molecule has 0 aromatic heterocycles. The smallest absolute Gasteiger partial charge is 0.0765 e. The monoisotopic (exact) mass is 458 g/mol. The second kappa shape index (κ2) is 7.78. The van der Waals surface area contributed by atoms with Gasteiger partial charge in [-0.05, 0) is 106 Å². The highest BCUT2D eigenvalue weighted by Gasteiger charge is 2.59. The number of piperidine rings is 1. The minimum atomic E-state index is 0.0733. The molecule has 32 heavy (non-hydrogen) atoms. The third kappa shape index (κ3) is 3.20. The summed E-state index contributed by atoms with van der Waals surface area (Å²) in [5.74, 6) is 4.89. The Morgan fingerprint density at radius 3 is 2.72 bits per heavy atom.